The van der Waals surface area contributed by atoms with E-state index in [4.69, 9.17) is 11.5 Å². The molecule has 2 rings (SSSR count). The zero-order chi connectivity index (χ0) is 15.1. The predicted molar refractivity (Wildman–Crippen MR) is 88.9 cm³/mol. The molecular formula is C18H24N2. The average Bonchev–Trinajstić information content (AvgIpc) is 2.29. The van der Waals surface area contributed by atoms with E-state index in [0.717, 1.165) is 22.5 Å². The molecule has 2 heteroatoms. The van der Waals surface area contributed by atoms with Crippen molar-refractivity contribution in [3.8, 4) is 11.1 Å². The first-order valence-corrected chi connectivity index (χ1v) is 6.97. The van der Waals surface area contributed by atoms with Crippen molar-refractivity contribution in [3.05, 3.63) is 47.0 Å². The molecule has 2 aromatic rings. The van der Waals surface area contributed by atoms with E-state index >= 15 is 0 Å². The van der Waals surface area contributed by atoms with Crippen molar-refractivity contribution in [2.75, 3.05) is 11.5 Å². The van der Waals surface area contributed by atoms with Crippen LogP contribution in [0.4, 0.5) is 11.4 Å². The van der Waals surface area contributed by atoms with Gasteiger partial charge in [-0.2, -0.15) is 0 Å². The van der Waals surface area contributed by atoms with Crippen molar-refractivity contribution in [1.82, 2.24) is 0 Å². The minimum atomic E-state index is 0.147. The molecule has 106 valence electrons. The highest BCUT2D eigenvalue weighted by molar-refractivity contribution is 5.80. The highest BCUT2D eigenvalue weighted by Crippen LogP contribution is 2.35. The van der Waals surface area contributed by atoms with Crippen molar-refractivity contribution in [2.24, 2.45) is 0 Å². The number of anilines is 2. The topological polar surface area (TPSA) is 52.0 Å². The fourth-order valence-electron chi connectivity index (χ4n) is 3.13. The molecule has 2 nitrogen and oxygen atoms in total. The van der Waals surface area contributed by atoms with Gasteiger partial charge in [0.2, 0.25) is 0 Å². The van der Waals surface area contributed by atoms with Gasteiger partial charge in [-0.25, -0.2) is 0 Å². The molecule has 4 N–H and O–H groups in total. The molecule has 0 amide bonds. The highest BCUT2D eigenvalue weighted by Gasteiger charge is 2.19. The van der Waals surface area contributed by atoms with Crippen molar-refractivity contribution in [3.63, 3.8) is 0 Å². The molecule has 0 aliphatic heterocycles. The maximum Gasteiger partial charge on any atom is 0.0395 e. The quantitative estimate of drug-likeness (QED) is 0.752. The summed E-state index contributed by atoms with van der Waals surface area (Å²) in [4.78, 5) is 0. The van der Waals surface area contributed by atoms with Gasteiger partial charge < -0.3 is 11.5 Å². The van der Waals surface area contributed by atoms with Gasteiger partial charge in [0.05, 0.1) is 0 Å². The number of hydrogen-bond acceptors (Lipinski definition) is 2. The van der Waals surface area contributed by atoms with Crippen LogP contribution in [0, 0.1) is 13.8 Å². The molecular weight excluding hydrogens is 244 g/mol. The third-order valence-electron chi connectivity index (χ3n) is 3.67. The summed E-state index contributed by atoms with van der Waals surface area (Å²) >= 11 is 0. The summed E-state index contributed by atoms with van der Waals surface area (Å²) in [6, 6.07) is 10.1. The van der Waals surface area contributed by atoms with Crippen LogP contribution < -0.4 is 11.5 Å². The Morgan fingerprint density at radius 2 is 1.40 bits per heavy atom. The van der Waals surface area contributed by atoms with E-state index in [2.05, 4.69) is 46.8 Å². The van der Waals surface area contributed by atoms with Crippen molar-refractivity contribution in [2.45, 2.75) is 40.0 Å². The minimum Gasteiger partial charge on any atom is -0.399 e. The molecule has 0 aliphatic carbocycles. The molecule has 0 aliphatic rings. The number of rotatable bonds is 1. The highest BCUT2D eigenvalue weighted by atomic mass is 14.6. The molecule has 0 spiro atoms. The van der Waals surface area contributed by atoms with Gasteiger partial charge in [-0.15, -0.1) is 0 Å². The van der Waals surface area contributed by atoms with E-state index < -0.39 is 0 Å². The van der Waals surface area contributed by atoms with Crippen molar-refractivity contribution in [1.29, 1.82) is 0 Å². The first-order chi connectivity index (χ1) is 9.20. The van der Waals surface area contributed by atoms with Crippen LogP contribution >= 0.6 is 0 Å². The molecule has 0 fully saturated rings. The first-order valence-electron chi connectivity index (χ1n) is 6.97. The second kappa shape index (κ2) is 4.86. The van der Waals surface area contributed by atoms with Gasteiger partial charge in [0.1, 0.15) is 0 Å². The van der Waals surface area contributed by atoms with Gasteiger partial charge in [0.15, 0.2) is 0 Å². The Kier molecular flexibility index (Phi) is 3.51. The van der Waals surface area contributed by atoms with Gasteiger partial charge in [-0.3, -0.25) is 0 Å². The van der Waals surface area contributed by atoms with Crippen LogP contribution in [0.15, 0.2) is 30.3 Å². The summed E-state index contributed by atoms with van der Waals surface area (Å²) < 4.78 is 0. The predicted octanol–water partition coefficient (Wildman–Crippen LogP) is 4.43. The van der Waals surface area contributed by atoms with E-state index in [9.17, 15) is 0 Å². The lowest BCUT2D eigenvalue weighted by Crippen LogP contribution is -2.15. The third-order valence-corrected chi connectivity index (χ3v) is 3.67. The molecule has 0 bridgehead atoms. The second-order valence-corrected chi connectivity index (χ2v) is 6.58. The number of benzene rings is 2. The van der Waals surface area contributed by atoms with Gasteiger partial charge in [0, 0.05) is 16.9 Å². The molecule has 20 heavy (non-hydrogen) atoms. The van der Waals surface area contributed by atoms with Gasteiger partial charge in [-0.05, 0) is 59.7 Å². The smallest absolute Gasteiger partial charge is 0.0395 e. The van der Waals surface area contributed by atoms with Crippen LogP contribution in [0.25, 0.3) is 11.1 Å². The largest absolute Gasteiger partial charge is 0.399 e. The summed E-state index contributed by atoms with van der Waals surface area (Å²) in [5.41, 5.74) is 19.8. The maximum absolute atomic E-state index is 6.09. The fraction of sp³-hybridized carbons (Fsp3) is 0.333. The van der Waals surface area contributed by atoms with E-state index in [-0.39, 0.29) is 5.41 Å². The number of aryl methyl sites for hydroxylation is 2. The zero-order valence-corrected chi connectivity index (χ0v) is 13.0. The molecule has 0 aromatic heterocycles. The number of nitrogens with two attached hydrogens (primary N) is 2. The standard InChI is InChI=1S/C18H24N2/c1-11-8-13(9-12(2)17(11)18(3,4)5)15-10-14(19)6-7-16(15)20/h6-10H,19-20H2,1-5H3. The Balaban J connectivity index is 2.64. The second-order valence-electron chi connectivity index (χ2n) is 6.58. The zero-order valence-electron chi connectivity index (χ0n) is 13.0. The normalized spacial score (nSPS) is 11.7. The summed E-state index contributed by atoms with van der Waals surface area (Å²) in [7, 11) is 0. The number of nitrogen functional groups attached to an aromatic ring is 2. The van der Waals surface area contributed by atoms with Crippen LogP contribution in [0.3, 0.4) is 0 Å². The van der Waals surface area contributed by atoms with Crippen molar-refractivity contribution < 1.29 is 0 Å². The van der Waals surface area contributed by atoms with Crippen LogP contribution in [0.5, 0.6) is 0 Å². The lowest BCUT2D eigenvalue weighted by atomic mass is 9.80. The van der Waals surface area contributed by atoms with E-state index in [1.165, 1.54) is 16.7 Å². The van der Waals surface area contributed by atoms with Crippen LogP contribution in [-0.4, -0.2) is 0 Å². The Labute approximate surface area is 121 Å². The molecule has 0 unspecified atom stereocenters. The molecule has 0 radical (unpaired) electrons. The van der Waals surface area contributed by atoms with E-state index in [1.54, 1.807) is 0 Å². The molecule has 2 aromatic carbocycles. The van der Waals surface area contributed by atoms with Crippen LogP contribution in [0.1, 0.15) is 37.5 Å². The molecule has 0 saturated carbocycles. The Morgan fingerprint density at radius 3 is 1.90 bits per heavy atom. The summed E-state index contributed by atoms with van der Waals surface area (Å²) in [6.07, 6.45) is 0. The monoisotopic (exact) mass is 268 g/mol. The SMILES string of the molecule is Cc1cc(-c2cc(N)ccc2N)cc(C)c1C(C)(C)C. The Hall–Kier alpha value is -1.96. The minimum absolute atomic E-state index is 0.147. The molecule has 0 heterocycles. The summed E-state index contributed by atoms with van der Waals surface area (Å²) in [5.74, 6) is 0. The van der Waals surface area contributed by atoms with Crippen LogP contribution in [0.2, 0.25) is 0 Å². The van der Waals surface area contributed by atoms with E-state index in [1.807, 2.05) is 18.2 Å². The summed E-state index contributed by atoms with van der Waals surface area (Å²) in [5, 5.41) is 0. The molecule has 0 atom stereocenters. The Bertz CT molecular complexity index is 626. The fourth-order valence-corrected chi connectivity index (χ4v) is 3.13. The number of hydrogen-bond donors (Lipinski definition) is 2. The molecule has 0 saturated heterocycles. The van der Waals surface area contributed by atoms with Crippen LogP contribution in [-0.2, 0) is 5.41 Å². The lowest BCUT2D eigenvalue weighted by Gasteiger charge is -2.25. The Morgan fingerprint density at radius 1 is 0.850 bits per heavy atom. The van der Waals surface area contributed by atoms with Gasteiger partial charge in [0.25, 0.3) is 0 Å². The van der Waals surface area contributed by atoms with Crippen molar-refractivity contribution >= 4 is 11.4 Å². The lowest BCUT2D eigenvalue weighted by molar-refractivity contribution is 0.582. The first kappa shape index (κ1) is 14.4. The summed E-state index contributed by atoms with van der Waals surface area (Å²) in [6.45, 7) is 11.1. The van der Waals surface area contributed by atoms with Gasteiger partial charge in [-0.1, -0.05) is 32.9 Å². The maximum atomic E-state index is 6.09. The van der Waals surface area contributed by atoms with Gasteiger partial charge >= 0.3 is 0 Å². The van der Waals surface area contributed by atoms with E-state index in [0.29, 0.717) is 0 Å². The third kappa shape index (κ3) is 2.64. The average molecular weight is 268 g/mol.